The van der Waals surface area contributed by atoms with Crippen LogP contribution in [0.15, 0.2) is 58.8 Å². The zero-order valence-corrected chi connectivity index (χ0v) is 16.6. The Morgan fingerprint density at radius 1 is 1.15 bits per heavy atom. The molecule has 2 aromatic heterocycles. The fraction of sp³-hybridized carbons (Fsp3) is 0.286. The number of thiophene rings is 1. The van der Waals surface area contributed by atoms with Gasteiger partial charge >= 0.3 is 0 Å². The summed E-state index contributed by atoms with van der Waals surface area (Å²) in [6.45, 7) is 4.02. The number of likely N-dealkylation sites (tertiary alicyclic amines) is 1. The van der Waals surface area contributed by atoms with Crippen LogP contribution in [0.25, 0.3) is 10.4 Å². The third kappa shape index (κ3) is 2.83. The van der Waals surface area contributed by atoms with Crippen molar-refractivity contribution in [3.63, 3.8) is 0 Å². The molecular formula is C21H20N2O2S2. The summed E-state index contributed by atoms with van der Waals surface area (Å²) in [5, 5.41) is 1.71. The Hall–Kier alpha value is -2.02. The molecule has 1 saturated heterocycles. The van der Waals surface area contributed by atoms with Gasteiger partial charge in [-0.25, -0.2) is 8.42 Å². The second-order valence-electron chi connectivity index (χ2n) is 7.38. The Morgan fingerprint density at radius 2 is 2.04 bits per heavy atom. The molecule has 0 unspecified atom stereocenters. The third-order valence-corrected chi connectivity index (χ3v) is 8.77. The first-order valence-electron chi connectivity index (χ1n) is 9.09. The van der Waals surface area contributed by atoms with Gasteiger partial charge in [0, 0.05) is 36.1 Å². The molecule has 2 aliphatic rings. The number of benzene rings is 1. The summed E-state index contributed by atoms with van der Waals surface area (Å²) in [7, 11) is -3.26. The van der Waals surface area contributed by atoms with E-state index >= 15 is 0 Å². The van der Waals surface area contributed by atoms with Gasteiger partial charge in [-0.2, -0.15) is 0 Å². The molecule has 0 N–H and O–H groups in total. The maximum absolute atomic E-state index is 13.1. The van der Waals surface area contributed by atoms with Crippen molar-refractivity contribution in [1.29, 1.82) is 0 Å². The van der Waals surface area contributed by atoms with Gasteiger partial charge in [0.1, 0.15) is 0 Å². The quantitative estimate of drug-likeness (QED) is 0.674. The lowest BCUT2D eigenvalue weighted by Gasteiger charge is -2.17. The van der Waals surface area contributed by atoms with Crippen molar-refractivity contribution in [3.8, 4) is 10.4 Å². The lowest BCUT2D eigenvalue weighted by atomic mass is 9.96. The van der Waals surface area contributed by atoms with E-state index in [0.29, 0.717) is 18.0 Å². The van der Waals surface area contributed by atoms with Gasteiger partial charge in [-0.05, 0) is 53.8 Å². The smallest absolute Gasteiger partial charge is 0.183 e. The number of rotatable bonds is 3. The average Bonchev–Trinajstić information content (AvgIpc) is 3.34. The molecule has 0 saturated carbocycles. The lowest BCUT2D eigenvalue weighted by Crippen LogP contribution is -2.26. The maximum atomic E-state index is 13.1. The van der Waals surface area contributed by atoms with Gasteiger partial charge in [0.2, 0.25) is 0 Å². The topological polar surface area (TPSA) is 50.3 Å². The van der Waals surface area contributed by atoms with Crippen LogP contribution in [0.5, 0.6) is 0 Å². The summed E-state index contributed by atoms with van der Waals surface area (Å²) in [6.07, 6.45) is 0. The number of hydrogen-bond donors (Lipinski definition) is 0. The Bertz CT molecular complexity index is 1110. The molecule has 0 amide bonds. The van der Waals surface area contributed by atoms with Crippen LogP contribution in [-0.2, 0) is 16.4 Å². The monoisotopic (exact) mass is 396 g/mol. The van der Waals surface area contributed by atoms with E-state index in [-0.39, 0.29) is 11.2 Å². The molecule has 0 spiro atoms. The van der Waals surface area contributed by atoms with Gasteiger partial charge in [-0.15, -0.1) is 11.3 Å². The zero-order valence-electron chi connectivity index (χ0n) is 15.0. The van der Waals surface area contributed by atoms with Crippen molar-refractivity contribution in [2.45, 2.75) is 29.5 Å². The minimum atomic E-state index is -3.26. The van der Waals surface area contributed by atoms with Crippen LogP contribution in [0.4, 0.5) is 0 Å². The van der Waals surface area contributed by atoms with Gasteiger partial charge in [0.25, 0.3) is 0 Å². The minimum Gasteiger partial charge on any atom is -0.296 e. The molecule has 4 heterocycles. The molecule has 4 nitrogen and oxygen atoms in total. The first-order valence-corrected chi connectivity index (χ1v) is 11.5. The Balaban J connectivity index is 1.47. The largest absolute Gasteiger partial charge is 0.296 e. The van der Waals surface area contributed by atoms with E-state index in [9.17, 15) is 8.42 Å². The highest BCUT2D eigenvalue weighted by atomic mass is 32.2. The molecule has 0 bridgehead atoms. The molecule has 1 aromatic carbocycles. The van der Waals surface area contributed by atoms with Crippen molar-refractivity contribution in [1.82, 2.24) is 9.88 Å². The number of fused-ring (bicyclic) bond motifs is 3. The van der Waals surface area contributed by atoms with Crippen molar-refractivity contribution in [2.75, 3.05) is 13.1 Å². The first-order chi connectivity index (χ1) is 13.0. The van der Waals surface area contributed by atoms with Crippen molar-refractivity contribution < 1.29 is 8.42 Å². The van der Waals surface area contributed by atoms with Crippen LogP contribution in [0.1, 0.15) is 22.9 Å². The Morgan fingerprint density at radius 3 is 2.81 bits per heavy atom. The fourth-order valence-electron chi connectivity index (χ4n) is 4.37. The first kappa shape index (κ1) is 17.1. The normalized spacial score (nSPS) is 23.3. The van der Waals surface area contributed by atoms with Gasteiger partial charge in [-0.3, -0.25) is 9.88 Å². The standard InChI is InChI=1S/C21H20N2O2S2/c1-14-4-2-5-16(22-14)11-23-12-18-17-10-15(19-6-3-9-26-19)7-8-20(17)27(24,25)21(18)13-23/h2-10,18,21H,11-13H2,1H3/t18-,21+/m1/s1. The number of nitrogens with zero attached hydrogens (tertiary/aromatic N) is 2. The van der Waals surface area contributed by atoms with Crippen molar-refractivity contribution in [2.24, 2.45) is 0 Å². The number of pyridine rings is 1. The molecule has 138 valence electrons. The molecule has 1 fully saturated rings. The van der Waals surface area contributed by atoms with Crippen molar-refractivity contribution >= 4 is 21.2 Å². The highest BCUT2D eigenvalue weighted by Gasteiger charge is 2.50. The predicted molar refractivity (Wildman–Crippen MR) is 108 cm³/mol. The molecule has 0 aliphatic carbocycles. The SMILES string of the molecule is Cc1cccc(CN2C[C@@H]3c4cc(-c5cccs5)ccc4S(=O)(=O)[C@H]3C2)n1. The fourth-order valence-corrected chi connectivity index (χ4v) is 7.29. The zero-order chi connectivity index (χ0) is 18.6. The summed E-state index contributed by atoms with van der Waals surface area (Å²) in [5.74, 6) is 0.0507. The second kappa shape index (κ2) is 6.26. The Labute approximate surface area is 163 Å². The van der Waals surface area contributed by atoms with E-state index < -0.39 is 9.84 Å². The van der Waals surface area contributed by atoms with E-state index in [4.69, 9.17) is 0 Å². The van der Waals surface area contributed by atoms with E-state index in [1.165, 1.54) is 4.88 Å². The van der Waals surface area contributed by atoms with Gasteiger partial charge in [-0.1, -0.05) is 18.2 Å². The molecule has 27 heavy (non-hydrogen) atoms. The van der Waals surface area contributed by atoms with Crippen LogP contribution in [-0.4, -0.2) is 36.6 Å². The van der Waals surface area contributed by atoms with E-state index in [2.05, 4.69) is 22.0 Å². The summed E-state index contributed by atoms with van der Waals surface area (Å²) >= 11 is 1.68. The number of aryl methyl sites for hydroxylation is 1. The number of sulfone groups is 1. The van der Waals surface area contributed by atoms with E-state index in [1.807, 2.05) is 48.7 Å². The van der Waals surface area contributed by atoms with Gasteiger partial charge < -0.3 is 0 Å². The van der Waals surface area contributed by atoms with E-state index in [1.54, 1.807) is 11.3 Å². The summed E-state index contributed by atoms with van der Waals surface area (Å²) in [6, 6.07) is 16.0. The summed E-state index contributed by atoms with van der Waals surface area (Å²) < 4.78 is 26.2. The van der Waals surface area contributed by atoms with Crippen LogP contribution in [0.3, 0.4) is 0 Å². The highest BCUT2D eigenvalue weighted by molar-refractivity contribution is 7.92. The van der Waals surface area contributed by atoms with Crippen LogP contribution < -0.4 is 0 Å². The van der Waals surface area contributed by atoms with Crippen molar-refractivity contribution in [3.05, 3.63) is 70.9 Å². The third-order valence-electron chi connectivity index (χ3n) is 5.59. The predicted octanol–water partition coefficient (Wildman–Crippen LogP) is 3.87. The maximum Gasteiger partial charge on any atom is 0.183 e. The molecular weight excluding hydrogens is 376 g/mol. The molecule has 6 heteroatoms. The van der Waals surface area contributed by atoms with Crippen LogP contribution >= 0.6 is 11.3 Å². The molecule has 5 rings (SSSR count). The summed E-state index contributed by atoms with van der Waals surface area (Å²) in [4.78, 5) is 8.51. The summed E-state index contributed by atoms with van der Waals surface area (Å²) in [5.41, 5.74) is 4.09. The van der Waals surface area contributed by atoms with Gasteiger partial charge in [0.15, 0.2) is 9.84 Å². The van der Waals surface area contributed by atoms with E-state index in [0.717, 1.165) is 29.1 Å². The second-order valence-corrected chi connectivity index (χ2v) is 10.5. The Kier molecular flexibility index (Phi) is 3.96. The molecule has 0 radical (unpaired) electrons. The average molecular weight is 397 g/mol. The van der Waals surface area contributed by atoms with Crippen LogP contribution in [0, 0.1) is 6.92 Å². The molecule has 2 aliphatic heterocycles. The number of hydrogen-bond acceptors (Lipinski definition) is 5. The molecule has 2 atom stereocenters. The minimum absolute atomic E-state index is 0.0507. The van der Waals surface area contributed by atoms with Gasteiger partial charge in [0.05, 0.1) is 15.8 Å². The molecule has 3 aromatic rings. The number of aromatic nitrogens is 1. The lowest BCUT2D eigenvalue weighted by molar-refractivity contribution is 0.321. The van der Waals surface area contributed by atoms with Crippen LogP contribution in [0.2, 0.25) is 0 Å². The highest BCUT2D eigenvalue weighted by Crippen LogP contribution is 2.46.